The van der Waals surface area contributed by atoms with Gasteiger partial charge in [-0.15, -0.1) is 0 Å². The number of aliphatic hydroxyl groups is 1. The summed E-state index contributed by atoms with van der Waals surface area (Å²) in [7, 11) is 0. The summed E-state index contributed by atoms with van der Waals surface area (Å²) in [6.07, 6.45) is 14.6. The minimum absolute atomic E-state index is 0.0286. The van der Waals surface area contributed by atoms with Crippen LogP contribution in [0.1, 0.15) is 77.0 Å². The van der Waals surface area contributed by atoms with Crippen LogP contribution < -0.4 is 5.73 Å². The van der Waals surface area contributed by atoms with Gasteiger partial charge >= 0.3 is 0 Å². The van der Waals surface area contributed by atoms with E-state index < -0.39 is 5.60 Å². The lowest BCUT2D eigenvalue weighted by atomic mass is 9.72. The smallest absolute Gasteiger partial charge is 0.0800 e. The summed E-state index contributed by atoms with van der Waals surface area (Å²) in [5.41, 5.74) is 5.87. The van der Waals surface area contributed by atoms with E-state index in [1.54, 1.807) is 0 Å². The SMILES string of the molecule is NC(C1CCCCC1)C1(O)CCCCCCC1. The molecule has 0 heterocycles. The molecule has 2 saturated carbocycles. The molecular formula is C15H29NO. The summed E-state index contributed by atoms with van der Waals surface area (Å²) in [6.45, 7) is 0. The van der Waals surface area contributed by atoms with E-state index in [2.05, 4.69) is 0 Å². The molecule has 1 atom stereocenters. The fourth-order valence-electron chi connectivity index (χ4n) is 3.78. The Hall–Kier alpha value is -0.0800. The molecule has 2 heteroatoms. The van der Waals surface area contributed by atoms with Crippen molar-refractivity contribution >= 4 is 0 Å². The number of hydrogen-bond donors (Lipinski definition) is 2. The van der Waals surface area contributed by atoms with Gasteiger partial charge in [0.2, 0.25) is 0 Å². The maximum absolute atomic E-state index is 10.9. The molecule has 0 aromatic carbocycles. The van der Waals surface area contributed by atoms with E-state index in [-0.39, 0.29) is 6.04 Å². The molecule has 3 N–H and O–H groups in total. The van der Waals surface area contributed by atoms with E-state index in [0.717, 1.165) is 25.7 Å². The van der Waals surface area contributed by atoms with Crippen LogP contribution in [0.2, 0.25) is 0 Å². The second-order valence-electron chi connectivity index (χ2n) is 6.30. The van der Waals surface area contributed by atoms with Crippen molar-refractivity contribution in [3.63, 3.8) is 0 Å². The van der Waals surface area contributed by atoms with Gasteiger partial charge in [0.05, 0.1) is 5.60 Å². The molecule has 2 aliphatic rings. The lowest BCUT2D eigenvalue weighted by Gasteiger charge is -2.41. The van der Waals surface area contributed by atoms with Gasteiger partial charge in [0, 0.05) is 6.04 Å². The fourth-order valence-corrected chi connectivity index (χ4v) is 3.78. The lowest BCUT2D eigenvalue weighted by molar-refractivity contribution is -0.0319. The second-order valence-corrected chi connectivity index (χ2v) is 6.30. The van der Waals surface area contributed by atoms with Gasteiger partial charge in [-0.05, 0) is 31.6 Å². The van der Waals surface area contributed by atoms with Crippen LogP contribution in [0.3, 0.4) is 0 Å². The Morgan fingerprint density at radius 1 is 0.824 bits per heavy atom. The van der Waals surface area contributed by atoms with Crippen molar-refractivity contribution < 1.29 is 5.11 Å². The summed E-state index contributed by atoms with van der Waals surface area (Å²) in [5, 5.41) is 10.9. The van der Waals surface area contributed by atoms with Gasteiger partial charge in [-0.1, -0.05) is 51.4 Å². The Kier molecular flexibility index (Phi) is 4.87. The van der Waals surface area contributed by atoms with Crippen molar-refractivity contribution in [1.82, 2.24) is 0 Å². The largest absolute Gasteiger partial charge is 0.388 e. The standard InChI is InChI=1S/C15H29NO/c16-14(13-9-5-4-6-10-13)15(17)11-7-2-1-3-8-12-15/h13-14,17H,1-12,16H2. The van der Waals surface area contributed by atoms with Crippen LogP contribution in [-0.4, -0.2) is 16.7 Å². The highest BCUT2D eigenvalue weighted by atomic mass is 16.3. The number of nitrogens with two attached hydrogens (primary N) is 1. The fraction of sp³-hybridized carbons (Fsp3) is 1.00. The van der Waals surface area contributed by atoms with E-state index in [4.69, 9.17) is 5.73 Å². The highest BCUT2D eigenvalue weighted by Crippen LogP contribution is 2.36. The molecule has 0 amide bonds. The maximum atomic E-state index is 10.9. The minimum Gasteiger partial charge on any atom is -0.388 e. The van der Waals surface area contributed by atoms with Crippen molar-refractivity contribution in [2.24, 2.45) is 11.7 Å². The molecular weight excluding hydrogens is 210 g/mol. The Labute approximate surface area is 106 Å². The minimum atomic E-state index is -0.553. The first-order valence-electron chi connectivity index (χ1n) is 7.70. The van der Waals surface area contributed by atoms with Crippen LogP contribution in [-0.2, 0) is 0 Å². The molecule has 0 radical (unpaired) electrons. The molecule has 0 saturated heterocycles. The summed E-state index contributed by atoms with van der Waals surface area (Å²) >= 11 is 0. The maximum Gasteiger partial charge on any atom is 0.0800 e. The Morgan fingerprint density at radius 3 is 1.88 bits per heavy atom. The van der Waals surface area contributed by atoms with Crippen molar-refractivity contribution in [1.29, 1.82) is 0 Å². The summed E-state index contributed by atoms with van der Waals surface area (Å²) < 4.78 is 0. The van der Waals surface area contributed by atoms with Gasteiger partial charge in [0.15, 0.2) is 0 Å². The first-order valence-corrected chi connectivity index (χ1v) is 7.70. The Balaban J connectivity index is 1.95. The lowest BCUT2D eigenvalue weighted by Crippen LogP contribution is -2.53. The summed E-state index contributed by atoms with van der Waals surface area (Å²) in [4.78, 5) is 0. The van der Waals surface area contributed by atoms with Crippen LogP contribution in [0, 0.1) is 5.92 Å². The second kappa shape index (κ2) is 6.19. The molecule has 0 aromatic heterocycles. The van der Waals surface area contributed by atoms with Crippen molar-refractivity contribution in [2.75, 3.05) is 0 Å². The van der Waals surface area contributed by atoms with Crippen LogP contribution in [0.5, 0.6) is 0 Å². The van der Waals surface area contributed by atoms with E-state index in [9.17, 15) is 5.11 Å². The predicted molar refractivity (Wildman–Crippen MR) is 71.8 cm³/mol. The number of hydrogen-bond acceptors (Lipinski definition) is 2. The van der Waals surface area contributed by atoms with Crippen molar-refractivity contribution in [2.45, 2.75) is 88.7 Å². The Morgan fingerprint density at radius 2 is 1.29 bits per heavy atom. The molecule has 0 aliphatic heterocycles. The topological polar surface area (TPSA) is 46.2 Å². The van der Waals surface area contributed by atoms with Gasteiger partial charge in [-0.2, -0.15) is 0 Å². The average molecular weight is 239 g/mol. The zero-order valence-electron chi connectivity index (χ0n) is 11.2. The zero-order valence-corrected chi connectivity index (χ0v) is 11.2. The molecule has 17 heavy (non-hydrogen) atoms. The van der Waals surface area contributed by atoms with Gasteiger partial charge in [0.25, 0.3) is 0 Å². The molecule has 2 aliphatic carbocycles. The quantitative estimate of drug-likeness (QED) is 0.776. The van der Waals surface area contributed by atoms with Crippen molar-refractivity contribution in [3.05, 3.63) is 0 Å². The monoisotopic (exact) mass is 239 g/mol. The Bertz CT molecular complexity index is 215. The zero-order chi connectivity index (χ0) is 12.1. The number of rotatable bonds is 2. The molecule has 0 spiro atoms. The van der Waals surface area contributed by atoms with Crippen LogP contribution >= 0.6 is 0 Å². The van der Waals surface area contributed by atoms with Gasteiger partial charge in [-0.3, -0.25) is 0 Å². The predicted octanol–water partition coefficient (Wildman–Crippen LogP) is 3.37. The van der Waals surface area contributed by atoms with Crippen molar-refractivity contribution in [3.8, 4) is 0 Å². The van der Waals surface area contributed by atoms with Gasteiger partial charge in [-0.25, -0.2) is 0 Å². The first-order chi connectivity index (χ1) is 8.22. The highest BCUT2D eigenvalue weighted by Gasteiger charge is 2.38. The van der Waals surface area contributed by atoms with Crippen LogP contribution in [0.15, 0.2) is 0 Å². The molecule has 0 bridgehead atoms. The van der Waals surface area contributed by atoms with E-state index in [1.807, 2.05) is 0 Å². The third-order valence-corrected chi connectivity index (χ3v) is 5.00. The normalized spacial score (nSPS) is 29.3. The highest BCUT2D eigenvalue weighted by molar-refractivity contribution is 4.94. The van der Waals surface area contributed by atoms with Gasteiger partial charge in [0.1, 0.15) is 0 Å². The van der Waals surface area contributed by atoms with E-state index >= 15 is 0 Å². The molecule has 2 rings (SSSR count). The average Bonchev–Trinajstić information content (AvgIpc) is 2.34. The van der Waals surface area contributed by atoms with E-state index in [1.165, 1.54) is 51.4 Å². The third-order valence-electron chi connectivity index (χ3n) is 5.00. The van der Waals surface area contributed by atoms with Crippen LogP contribution in [0.25, 0.3) is 0 Å². The molecule has 2 nitrogen and oxygen atoms in total. The molecule has 2 fully saturated rings. The molecule has 0 aromatic rings. The van der Waals surface area contributed by atoms with Crippen LogP contribution in [0.4, 0.5) is 0 Å². The van der Waals surface area contributed by atoms with E-state index in [0.29, 0.717) is 5.92 Å². The third kappa shape index (κ3) is 3.45. The molecule has 100 valence electrons. The summed E-state index contributed by atoms with van der Waals surface area (Å²) in [5.74, 6) is 0.577. The molecule has 1 unspecified atom stereocenters. The first kappa shape index (κ1) is 13.4. The summed E-state index contributed by atoms with van der Waals surface area (Å²) in [6, 6.07) is 0.0286. The van der Waals surface area contributed by atoms with Gasteiger partial charge < -0.3 is 10.8 Å².